The number of hydrazine groups is 1. The number of rotatable bonds is 4. The fourth-order valence-electron chi connectivity index (χ4n) is 1.57. The largest absolute Gasteiger partial charge is 0.301 e. The maximum atomic E-state index is 4.02. The molecule has 0 heterocycles. The zero-order chi connectivity index (χ0) is 13.0. The molecule has 0 radical (unpaired) electrons. The third kappa shape index (κ3) is 3.14. The van der Waals surface area contributed by atoms with Crippen LogP contribution in [0.3, 0.4) is 0 Å². The van der Waals surface area contributed by atoms with Gasteiger partial charge >= 0.3 is 0 Å². The highest BCUT2D eigenvalue weighted by Crippen LogP contribution is 2.20. The summed E-state index contributed by atoms with van der Waals surface area (Å²) >= 11 is 3.49. The number of hydrogen-bond donors (Lipinski definition) is 2. The van der Waals surface area contributed by atoms with Crippen molar-refractivity contribution in [2.24, 2.45) is 0 Å². The first-order valence-corrected chi connectivity index (χ1v) is 6.48. The number of anilines is 1. The van der Waals surface area contributed by atoms with Gasteiger partial charge in [-0.3, -0.25) is 0 Å². The van der Waals surface area contributed by atoms with Crippen LogP contribution in [0.4, 0.5) is 5.69 Å². The Morgan fingerprint density at radius 3 is 2.50 bits per heavy atom. The van der Waals surface area contributed by atoms with Crippen molar-refractivity contribution in [1.82, 2.24) is 5.43 Å². The van der Waals surface area contributed by atoms with E-state index in [2.05, 4.69) is 46.4 Å². The maximum Gasteiger partial charge on any atom is 0.0540 e. The molecule has 0 atom stereocenters. The highest BCUT2D eigenvalue weighted by molar-refractivity contribution is 9.10. The van der Waals surface area contributed by atoms with E-state index in [0.29, 0.717) is 0 Å². The summed E-state index contributed by atoms with van der Waals surface area (Å²) in [5.74, 6) is 0. The summed E-state index contributed by atoms with van der Waals surface area (Å²) in [5, 5.41) is 0. The Hall–Kier alpha value is -1.74. The van der Waals surface area contributed by atoms with E-state index in [0.717, 1.165) is 21.4 Å². The summed E-state index contributed by atoms with van der Waals surface area (Å²) < 4.78 is 1.11. The number of benzene rings is 2. The Morgan fingerprint density at radius 1 is 1.11 bits per heavy atom. The second kappa shape index (κ2) is 5.74. The van der Waals surface area contributed by atoms with Crippen molar-refractivity contribution in [2.75, 3.05) is 5.43 Å². The molecule has 0 amide bonds. The van der Waals surface area contributed by atoms with E-state index in [4.69, 9.17) is 0 Å². The van der Waals surface area contributed by atoms with E-state index in [-0.39, 0.29) is 0 Å². The van der Waals surface area contributed by atoms with Gasteiger partial charge in [-0.2, -0.15) is 0 Å². The SMILES string of the molecule is C=C(NNc1ccccc1)c1ccc(Br)c(C)c1. The van der Waals surface area contributed by atoms with Crippen molar-refractivity contribution in [1.29, 1.82) is 0 Å². The van der Waals surface area contributed by atoms with Gasteiger partial charge in [0.15, 0.2) is 0 Å². The predicted octanol–water partition coefficient (Wildman–Crippen LogP) is 4.34. The van der Waals surface area contributed by atoms with E-state index in [1.807, 2.05) is 42.5 Å². The minimum Gasteiger partial charge on any atom is -0.301 e. The summed E-state index contributed by atoms with van der Waals surface area (Å²) in [4.78, 5) is 0. The van der Waals surface area contributed by atoms with Crippen LogP contribution in [0, 0.1) is 6.92 Å². The first-order chi connectivity index (χ1) is 8.66. The van der Waals surface area contributed by atoms with Crippen LogP contribution in [0.5, 0.6) is 0 Å². The molecule has 18 heavy (non-hydrogen) atoms. The monoisotopic (exact) mass is 302 g/mol. The topological polar surface area (TPSA) is 24.1 Å². The minimum atomic E-state index is 0.842. The van der Waals surface area contributed by atoms with E-state index in [1.54, 1.807) is 0 Å². The summed E-state index contributed by atoms with van der Waals surface area (Å²) in [6, 6.07) is 16.1. The molecule has 92 valence electrons. The highest BCUT2D eigenvalue weighted by atomic mass is 79.9. The van der Waals surface area contributed by atoms with Crippen LogP contribution in [0.1, 0.15) is 11.1 Å². The number of hydrogen-bond acceptors (Lipinski definition) is 2. The van der Waals surface area contributed by atoms with E-state index >= 15 is 0 Å². The normalized spacial score (nSPS) is 9.89. The average Bonchev–Trinajstić information content (AvgIpc) is 2.40. The summed E-state index contributed by atoms with van der Waals surface area (Å²) in [6.45, 7) is 6.08. The van der Waals surface area contributed by atoms with Gasteiger partial charge in [-0.1, -0.05) is 46.8 Å². The minimum absolute atomic E-state index is 0.842. The molecule has 0 spiro atoms. The summed E-state index contributed by atoms with van der Waals surface area (Å²) in [6.07, 6.45) is 0. The van der Waals surface area contributed by atoms with Crippen molar-refractivity contribution in [3.63, 3.8) is 0 Å². The van der Waals surface area contributed by atoms with Crippen LogP contribution in [0.15, 0.2) is 59.6 Å². The van der Waals surface area contributed by atoms with Gasteiger partial charge in [-0.15, -0.1) is 0 Å². The van der Waals surface area contributed by atoms with Gasteiger partial charge in [0.25, 0.3) is 0 Å². The summed E-state index contributed by atoms with van der Waals surface area (Å²) in [5.41, 5.74) is 10.3. The molecule has 2 N–H and O–H groups in total. The molecule has 2 aromatic carbocycles. The van der Waals surface area contributed by atoms with Crippen LogP contribution in [0.25, 0.3) is 5.70 Å². The molecule has 0 unspecified atom stereocenters. The molecule has 0 aliphatic rings. The van der Waals surface area contributed by atoms with Gasteiger partial charge in [0, 0.05) is 4.47 Å². The smallest absolute Gasteiger partial charge is 0.0540 e. The molecule has 0 fully saturated rings. The van der Waals surface area contributed by atoms with Crippen LogP contribution < -0.4 is 10.9 Å². The second-order valence-electron chi connectivity index (χ2n) is 4.06. The van der Waals surface area contributed by atoms with Crippen LogP contribution in [0.2, 0.25) is 0 Å². The van der Waals surface area contributed by atoms with Gasteiger partial charge in [-0.25, -0.2) is 0 Å². The number of halogens is 1. The van der Waals surface area contributed by atoms with Crippen molar-refractivity contribution in [3.05, 3.63) is 70.7 Å². The molecular formula is C15H15BrN2. The van der Waals surface area contributed by atoms with Gasteiger partial charge in [-0.05, 0) is 42.3 Å². The molecule has 3 heteroatoms. The Kier molecular flexibility index (Phi) is 4.05. The van der Waals surface area contributed by atoms with Gasteiger partial charge < -0.3 is 10.9 Å². The molecule has 0 aliphatic heterocycles. The molecule has 0 aliphatic carbocycles. The fourth-order valence-corrected chi connectivity index (χ4v) is 1.82. The Morgan fingerprint density at radius 2 is 1.83 bits per heavy atom. The predicted molar refractivity (Wildman–Crippen MR) is 81.1 cm³/mol. The van der Waals surface area contributed by atoms with Crippen molar-refractivity contribution in [3.8, 4) is 0 Å². The molecule has 2 aromatic rings. The first kappa shape index (κ1) is 12.7. The van der Waals surface area contributed by atoms with Gasteiger partial charge in [0.1, 0.15) is 0 Å². The lowest BCUT2D eigenvalue weighted by molar-refractivity contribution is 1.08. The third-order valence-electron chi connectivity index (χ3n) is 2.64. The molecular weight excluding hydrogens is 288 g/mol. The Bertz CT molecular complexity index is 550. The van der Waals surface area contributed by atoms with Crippen LogP contribution in [-0.2, 0) is 0 Å². The standard InChI is InChI=1S/C15H15BrN2/c1-11-10-13(8-9-15(11)16)12(2)17-18-14-6-4-3-5-7-14/h3-10,17-18H,2H2,1H3. The lowest BCUT2D eigenvalue weighted by Crippen LogP contribution is -2.19. The maximum absolute atomic E-state index is 4.02. The number of para-hydroxylation sites is 1. The highest BCUT2D eigenvalue weighted by Gasteiger charge is 2.01. The first-order valence-electron chi connectivity index (χ1n) is 5.69. The van der Waals surface area contributed by atoms with Crippen molar-refractivity contribution >= 4 is 27.3 Å². The molecule has 0 saturated heterocycles. The Labute approximate surface area is 116 Å². The average molecular weight is 303 g/mol. The Balaban J connectivity index is 2.02. The third-order valence-corrected chi connectivity index (χ3v) is 3.53. The molecule has 0 saturated carbocycles. The van der Waals surface area contributed by atoms with E-state index in [1.165, 1.54) is 5.56 Å². The van der Waals surface area contributed by atoms with E-state index in [9.17, 15) is 0 Å². The lowest BCUT2D eigenvalue weighted by Gasteiger charge is -2.13. The summed E-state index contributed by atoms with van der Waals surface area (Å²) in [7, 11) is 0. The van der Waals surface area contributed by atoms with Crippen molar-refractivity contribution in [2.45, 2.75) is 6.92 Å². The zero-order valence-corrected chi connectivity index (χ0v) is 11.8. The van der Waals surface area contributed by atoms with Crippen molar-refractivity contribution < 1.29 is 0 Å². The van der Waals surface area contributed by atoms with Crippen LogP contribution in [-0.4, -0.2) is 0 Å². The van der Waals surface area contributed by atoms with Gasteiger partial charge in [0.05, 0.1) is 11.4 Å². The molecule has 2 rings (SSSR count). The lowest BCUT2D eigenvalue weighted by atomic mass is 10.1. The molecule has 0 bridgehead atoms. The number of aryl methyl sites for hydroxylation is 1. The molecule has 0 aromatic heterocycles. The second-order valence-corrected chi connectivity index (χ2v) is 4.91. The van der Waals surface area contributed by atoms with Gasteiger partial charge in [0.2, 0.25) is 0 Å². The number of nitrogens with one attached hydrogen (secondary N) is 2. The van der Waals surface area contributed by atoms with Crippen LogP contribution >= 0.6 is 15.9 Å². The molecule has 2 nitrogen and oxygen atoms in total. The zero-order valence-electron chi connectivity index (χ0n) is 10.2. The fraction of sp³-hybridized carbons (Fsp3) is 0.0667. The van der Waals surface area contributed by atoms with E-state index < -0.39 is 0 Å². The quantitative estimate of drug-likeness (QED) is 0.821.